The van der Waals surface area contributed by atoms with Crippen molar-refractivity contribution in [2.24, 2.45) is 0 Å². The van der Waals surface area contributed by atoms with Crippen molar-refractivity contribution in [2.75, 3.05) is 0 Å². The highest BCUT2D eigenvalue weighted by Crippen LogP contribution is 2.26. The Labute approximate surface area is 138 Å². The van der Waals surface area contributed by atoms with Gasteiger partial charge in [-0.3, -0.25) is 9.48 Å². The van der Waals surface area contributed by atoms with Crippen LogP contribution in [0.15, 0.2) is 56.2 Å². The molecule has 0 aliphatic rings. The van der Waals surface area contributed by atoms with Crippen molar-refractivity contribution < 1.29 is 9.21 Å². The molecule has 0 fully saturated rings. The van der Waals surface area contributed by atoms with Crippen LogP contribution < -0.4 is 0 Å². The lowest BCUT2D eigenvalue weighted by Gasteiger charge is -2.03. The zero-order valence-corrected chi connectivity index (χ0v) is 14.0. The van der Waals surface area contributed by atoms with Crippen LogP contribution >= 0.6 is 31.9 Å². The minimum atomic E-state index is 0.504. The van der Waals surface area contributed by atoms with E-state index in [2.05, 4.69) is 37.0 Å². The maximum Gasteiger partial charge on any atom is 0.169 e. The van der Waals surface area contributed by atoms with Gasteiger partial charge in [-0.2, -0.15) is 5.10 Å². The van der Waals surface area contributed by atoms with Crippen molar-refractivity contribution in [2.45, 2.75) is 6.54 Å². The number of aldehydes is 1. The van der Waals surface area contributed by atoms with Gasteiger partial charge in [0.1, 0.15) is 5.69 Å². The quantitative estimate of drug-likeness (QED) is 0.594. The van der Waals surface area contributed by atoms with Crippen LogP contribution in [0.3, 0.4) is 0 Å². The molecule has 3 rings (SSSR count). The molecule has 0 atom stereocenters. The number of halogens is 2. The SMILES string of the molecule is O=Cc1cn(Cc2ccccc2Br)nc1-c1ccc(Br)o1. The molecule has 0 amide bonds. The predicted octanol–water partition coefficient (Wildman–Crippen LogP) is 4.53. The lowest BCUT2D eigenvalue weighted by Crippen LogP contribution is -2.00. The summed E-state index contributed by atoms with van der Waals surface area (Å²) in [6.07, 6.45) is 2.51. The van der Waals surface area contributed by atoms with Gasteiger partial charge in [-0.15, -0.1) is 0 Å². The second-order valence-electron chi connectivity index (χ2n) is 4.44. The Morgan fingerprint density at radius 2 is 2.00 bits per heavy atom. The van der Waals surface area contributed by atoms with Crippen LogP contribution in [0.4, 0.5) is 0 Å². The first-order valence-corrected chi connectivity index (χ1v) is 7.77. The third-order valence-electron chi connectivity index (χ3n) is 3.01. The molecule has 0 saturated heterocycles. The molecule has 2 aromatic heterocycles. The number of carbonyl (C=O) groups is 1. The van der Waals surface area contributed by atoms with Gasteiger partial charge >= 0.3 is 0 Å². The van der Waals surface area contributed by atoms with Crippen LogP contribution in [0.2, 0.25) is 0 Å². The summed E-state index contributed by atoms with van der Waals surface area (Å²) in [7, 11) is 0. The Morgan fingerprint density at radius 1 is 1.19 bits per heavy atom. The van der Waals surface area contributed by atoms with E-state index in [0.717, 1.165) is 16.3 Å². The summed E-state index contributed by atoms with van der Waals surface area (Å²) < 4.78 is 8.82. The van der Waals surface area contributed by atoms with Gasteiger partial charge < -0.3 is 4.42 Å². The standard InChI is InChI=1S/C15H10Br2N2O2/c16-12-4-2-1-3-10(12)7-19-8-11(9-20)15(18-19)13-5-6-14(17)21-13/h1-6,8-9H,7H2. The minimum Gasteiger partial charge on any atom is -0.448 e. The van der Waals surface area contributed by atoms with Gasteiger partial charge in [-0.1, -0.05) is 34.1 Å². The van der Waals surface area contributed by atoms with Gasteiger partial charge in [0.15, 0.2) is 16.7 Å². The van der Waals surface area contributed by atoms with E-state index < -0.39 is 0 Å². The van der Waals surface area contributed by atoms with E-state index in [9.17, 15) is 4.79 Å². The molecule has 0 spiro atoms. The molecule has 2 heterocycles. The Kier molecular flexibility index (Phi) is 4.07. The van der Waals surface area contributed by atoms with E-state index >= 15 is 0 Å². The average Bonchev–Trinajstić information content (AvgIpc) is 3.07. The van der Waals surface area contributed by atoms with Crippen molar-refractivity contribution in [3.63, 3.8) is 0 Å². The monoisotopic (exact) mass is 408 g/mol. The molecule has 1 aromatic carbocycles. The number of aromatic nitrogens is 2. The molecule has 0 aliphatic carbocycles. The van der Waals surface area contributed by atoms with E-state index in [-0.39, 0.29) is 0 Å². The van der Waals surface area contributed by atoms with Gasteiger partial charge in [0.25, 0.3) is 0 Å². The zero-order valence-electron chi connectivity index (χ0n) is 10.8. The Balaban J connectivity index is 1.96. The maximum absolute atomic E-state index is 11.2. The van der Waals surface area contributed by atoms with Gasteiger partial charge in [0, 0.05) is 10.7 Å². The summed E-state index contributed by atoms with van der Waals surface area (Å²) in [5.74, 6) is 0.565. The predicted molar refractivity (Wildman–Crippen MR) is 86.3 cm³/mol. The molecule has 3 aromatic rings. The van der Waals surface area contributed by atoms with Crippen molar-refractivity contribution in [3.8, 4) is 11.5 Å². The van der Waals surface area contributed by atoms with Crippen LogP contribution in [0.25, 0.3) is 11.5 Å². The summed E-state index contributed by atoms with van der Waals surface area (Å²) in [5.41, 5.74) is 2.14. The van der Waals surface area contributed by atoms with Gasteiger partial charge in [0.05, 0.1) is 12.1 Å². The summed E-state index contributed by atoms with van der Waals surface area (Å²) in [6.45, 7) is 0.574. The molecule has 0 radical (unpaired) electrons. The lowest BCUT2D eigenvalue weighted by molar-refractivity contribution is 0.112. The van der Waals surface area contributed by atoms with E-state index in [0.29, 0.717) is 28.2 Å². The number of carbonyl (C=O) groups excluding carboxylic acids is 1. The second-order valence-corrected chi connectivity index (χ2v) is 6.08. The number of nitrogens with zero attached hydrogens (tertiary/aromatic N) is 2. The molecular formula is C15H10Br2N2O2. The fraction of sp³-hybridized carbons (Fsp3) is 0.0667. The normalized spacial score (nSPS) is 10.8. The van der Waals surface area contributed by atoms with Gasteiger partial charge in [0.2, 0.25) is 0 Å². The summed E-state index contributed by atoms with van der Waals surface area (Å²) >= 11 is 6.76. The molecule has 0 unspecified atom stereocenters. The smallest absolute Gasteiger partial charge is 0.169 e. The first kappa shape index (κ1) is 14.3. The third kappa shape index (κ3) is 3.01. The first-order chi connectivity index (χ1) is 10.2. The van der Waals surface area contributed by atoms with Crippen molar-refractivity contribution in [3.05, 3.63) is 62.9 Å². The highest BCUT2D eigenvalue weighted by atomic mass is 79.9. The Morgan fingerprint density at radius 3 is 2.67 bits per heavy atom. The zero-order chi connectivity index (χ0) is 14.8. The summed E-state index contributed by atoms with van der Waals surface area (Å²) in [5, 5.41) is 4.45. The lowest BCUT2D eigenvalue weighted by atomic mass is 10.2. The first-order valence-electron chi connectivity index (χ1n) is 6.19. The van der Waals surface area contributed by atoms with E-state index in [1.165, 1.54) is 0 Å². The molecule has 4 nitrogen and oxygen atoms in total. The number of hydrogen-bond donors (Lipinski definition) is 0. The van der Waals surface area contributed by atoms with Crippen LogP contribution in [-0.2, 0) is 6.54 Å². The van der Waals surface area contributed by atoms with Gasteiger partial charge in [-0.25, -0.2) is 0 Å². The van der Waals surface area contributed by atoms with Gasteiger partial charge in [-0.05, 0) is 39.7 Å². The number of furan rings is 1. The fourth-order valence-corrected chi connectivity index (χ4v) is 2.75. The maximum atomic E-state index is 11.2. The Bertz CT molecular complexity index is 793. The molecule has 0 bridgehead atoms. The van der Waals surface area contributed by atoms with E-state index in [1.807, 2.05) is 24.3 Å². The summed E-state index contributed by atoms with van der Waals surface area (Å²) in [4.78, 5) is 11.2. The highest BCUT2D eigenvalue weighted by molar-refractivity contribution is 9.10. The van der Waals surface area contributed by atoms with Crippen molar-refractivity contribution >= 4 is 38.1 Å². The van der Waals surface area contributed by atoms with Crippen LogP contribution in [0.5, 0.6) is 0 Å². The van der Waals surface area contributed by atoms with Crippen molar-refractivity contribution in [1.29, 1.82) is 0 Å². The number of rotatable bonds is 4. The van der Waals surface area contributed by atoms with E-state index in [4.69, 9.17) is 4.42 Å². The number of benzene rings is 1. The molecule has 0 aliphatic heterocycles. The largest absolute Gasteiger partial charge is 0.448 e. The molecule has 106 valence electrons. The molecule has 0 N–H and O–H groups in total. The molecule has 0 saturated carbocycles. The summed E-state index contributed by atoms with van der Waals surface area (Å²) in [6, 6.07) is 11.5. The molecule has 21 heavy (non-hydrogen) atoms. The highest BCUT2D eigenvalue weighted by Gasteiger charge is 2.14. The molecular weight excluding hydrogens is 400 g/mol. The van der Waals surface area contributed by atoms with Crippen LogP contribution in [-0.4, -0.2) is 16.1 Å². The third-order valence-corrected chi connectivity index (χ3v) is 4.21. The van der Waals surface area contributed by atoms with Crippen molar-refractivity contribution in [1.82, 2.24) is 9.78 Å². The molecule has 6 heteroatoms. The van der Waals surface area contributed by atoms with Crippen LogP contribution in [0, 0.1) is 0 Å². The minimum absolute atomic E-state index is 0.504. The Hall–Kier alpha value is -1.66. The van der Waals surface area contributed by atoms with E-state index in [1.54, 1.807) is 23.0 Å². The second kappa shape index (κ2) is 5.99. The van der Waals surface area contributed by atoms with Crippen LogP contribution in [0.1, 0.15) is 15.9 Å². The number of hydrogen-bond acceptors (Lipinski definition) is 3. The fourth-order valence-electron chi connectivity index (χ4n) is 2.04. The topological polar surface area (TPSA) is 48.0 Å². The average molecular weight is 410 g/mol.